The fourth-order valence-corrected chi connectivity index (χ4v) is 3.66. The number of aliphatic imine (C=N–C) groups is 1. The van der Waals surface area contributed by atoms with Crippen LogP contribution in [0, 0.1) is 0 Å². The van der Waals surface area contributed by atoms with Gasteiger partial charge in [-0.05, 0) is 44.1 Å². The Hall–Kier alpha value is -0.700. The van der Waals surface area contributed by atoms with Crippen LogP contribution in [0.5, 0.6) is 5.88 Å². The van der Waals surface area contributed by atoms with E-state index in [-0.39, 0.29) is 24.0 Å². The minimum Gasteiger partial charge on any atom is -0.481 e. The standard InChI is InChI=1S/C16H26N4OS.HI/c1-4-17-15(20-12-16(2)7-5-9-22-16)19-11-13-6-8-18-14(10-13)21-3;/h6,8,10H,4-5,7,9,11-12H2,1-3H3,(H2,17,19,20);1H. The number of ether oxygens (including phenoxy) is 1. The van der Waals surface area contributed by atoms with Crippen LogP contribution in [-0.2, 0) is 6.54 Å². The Kier molecular flexibility index (Phi) is 9.04. The molecule has 0 aromatic carbocycles. The van der Waals surface area contributed by atoms with Crippen LogP contribution in [0.15, 0.2) is 23.3 Å². The van der Waals surface area contributed by atoms with E-state index in [1.165, 1.54) is 18.6 Å². The molecule has 1 aromatic rings. The molecule has 0 spiro atoms. The van der Waals surface area contributed by atoms with Crippen LogP contribution < -0.4 is 15.4 Å². The minimum atomic E-state index is 0. The third-order valence-electron chi connectivity index (χ3n) is 3.70. The summed E-state index contributed by atoms with van der Waals surface area (Å²) in [5.41, 5.74) is 1.09. The summed E-state index contributed by atoms with van der Waals surface area (Å²) in [5, 5.41) is 6.78. The van der Waals surface area contributed by atoms with Crippen LogP contribution in [0.1, 0.15) is 32.3 Å². The van der Waals surface area contributed by atoms with Gasteiger partial charge in [-0.25, -0.2) is 9.98 Å². The number of rotatable bonds is 6. The first-order valence-corrected chi connectivity index (χ1v) is 8.79. The maximum Gasteiger partial charge on any atom is 0.213 e. The second-order valence-corrected chi connectivity index (χ2v) is 7.34. The highest BCUT2D eigenvalue weighted by molar-refractivity contribution is 14.0. The highest BCUT2D eigenvalue weighted by Crippen LogP contribution is 2.36. The summed E-state index contributed by atoms with van der Waals surface area (Å²) in [4.78, 5) is 8.77. The molecule has 2 rings (SSSR count). The first kappa shape index (κ1) is 20.3. The van der Waals surface area contributed by atoms with Crippen molar-refractivity contribution in [2.24, 2.45) is 4.99 Å². The lowest BCUT2D eigenvalue weighted by Crippen LogP contribution is -2.43. The zero-order valence-electron chi connectivity index (χ0n) is 14.1. The Bertz CT molecular complexity index is 507. The summed E-state index contributed by atoms with van der Waals surface area (Å²) in [6.45, 7) is 6.82. The molecule has 1 unspecified atom stereocenters. The Morgan fingerprint density at radius 3 is 2.96 bits per heavy atom. The molecule has 23 heavy (non-hydrogen) atoms. The van der Waals surface area contributed by atoms with Crippen molar-refractivity contribution in [1.82, 2.24) is 15.6 Å². The smallest absolute Gasteiger partial charge is 0.213 e. The van der Waals surface area contributed by atoms with Crippen molar-refractivity contribution in [1.29, 1.82) is 0 Å². The van der Waals surface area contributed by atoms with Gasteiger partial charge in [-0.1, -0.05) is 0 Å². The second kappa shape index (κ2) is 10.2. The molecule has 0 aliphatic carbocycles. The first-order chi connectivity index (χ1) is 10.6. The molecule has 1 aromatic heterocycles. The van der Waals surface area contributed by atoms with Crippen LogP contribution in [0.4, 0.5) is 0 Å². The zero-order chi connectivity index (χ0) is 15.8. The molecule has 1 aliphatic rings. The molecule has 1 atom stereocenters. The largest absolute Gasteiger partial charge is 0.481 e. The minimum absolute atomic E-state index is 0. The Morgan fingerprint density at radius 1 is 1.48 bits per heavy atom. The Balaban J connectivity index is 0.00000264. The fourth-order valence-electron chi connectivity index (χ4n) is 2.42. The van der Waals surface area contributed by atoms with Gasteiger partial charge in [-0.3, -0.25) is 0 Å². The van der Waals surface area contributed by atoms with E-state index in [1.54, 1.807) is 13.3 Å². The highest BCUT2D eigenvalue weighted by Gasteiger charge is 2.29. The molecule has 0 amide bonds. The van der Waals surface area contributed by atoms with Crippen molar-refractivity contribution in [3.63, 3.8) is 0 Å². The van der Waals surface area contributed by atoms with Crippen molar-refractivity contribution < 1.29 is 4.74 Å². The van der Waals surface area contributed by atoms with Gasteiger partial charge in [-0.15, -0.1) is 24.0 Å². The first-order valence-electron chi connectivity index (χ1n) is 7.80. The molecule has 2 heterocycles. The molecule has 0 radical (unpaired) electrons. The molecular weight excluding hydrogens is 423 g/mol. The van der Waals surface area contributed by atoms with Crippen molar-refractivity contribution in [2.75, 3.05) is 26.0 Å². The third kappa shape index (κ3) is 6.74. The van der Waals surface area contributed by atoms with Crippen molar-refractivity contribution in [2.45, 2.75) is 38.0 Å². The fraction of sp³-hybridized carbons (Fsp3) is 0.625. The van der Waals surface area contributed by atoms with E-state index in [1.807, 2.05) is 12.1 Å². The monoisotopic (exact) mass is 450 g/mol. The van der Waals surface area contributed by atoms with E-state index in [2.05, 4.69) is 46.2 Å². The molecule has 1 fully saturated rings. The Labute approximate surface area is 160 Å². The molecule has 1 saturated heterocycles. The third-order valence-corrected chi connectivity index (χ3v) is 5.24. The number of methoxy groups -OCH3 is 1. The van der Waals surface area contributed by atoms with Crippen molar-refractivity contribution in [3.05, 3.63) is 23.9 Å². The zero-order valence-corrected chi connectivity index (χ0v) is 17.2. The number of hydrogen-bond donors (Lipinski definition) is 2. The van der Waals surface area contributed by atoms with E-state index in [0.717, 1.165) is 24.6 Å². The summed E-state index contributed by atoms with van der Waals surface area (Å²) in [7, 11) is 1.63. The number of thioether (sulfide) groups is 1. The van der Waals surface area contributed by atoms with Gasteiger partial charge in [0.25, 0.3) is 0 Å². The van der Waals surface area contributed by atoms with Crippen LogP contribution in [0.3, 0.4) is 0 Å². The normalized spacial score (nSPS) is 20.7. The molecule has 7 heteroatoms. The van der Waals surface area contributed by atoms with Crippen LogP contribution in [-0.4, -0.2) is 41.6 Å². The number of nitrogens with one attached hydrogen (secondary N) is 2. The quantitative estimate of drug-likeness (QED) is 0.397. The number of aromatic nitrogens is 1. The van der Waals surface area contributed by atoms with Gasteiger partial charge in [0.05, 0.1) is 13.7 Å². The highest BCUT2D eigenvalue weighted by atomic mass is 127. The number of guanidine groups is 1. The van der Waals surface area contributed by atoms with Gasteiger partial charge in [-0.2, -0.15) is 11.8 Å². The number of hydrogen-bond acceptors (Lipinski definition) is 4. The van der Waals surface area contributed by atoms with Gasteiger partial charge < -0.3 is 15.4 Å². The molecule has 1 aliphatic heterocycles. The number of pyridine rings is 1. The summed E-state index contributed by atoms with van der Waals surface area (Å²) in [6.07, 6.45) is 4.33. The number of halogens is 1. The molecule has 0 bridgehead atoms. The van der Waals surface area contributed by atoms with Crippen molar-refractivity contribution >= 4 is 41.7 Å². The van der Waals surface area contributed by atoms with Gasteiger partial charge in [0.2, 0.25) is 5.88 Å². The maximum absolute atomic E-state index is 5.14. The lowest BCUT2D eigenvalue weighted by atomic mass is 10.1. The molecule has 130 valence electrons. The van der Waals surface area contributed by atoms with E-state index < -0.39 is 0 Å². The predicted molar refractivity (Wildman–Crippen MR) is 109 cm³/mol. The van der Waals surface area contributed by atoms with Gasteiger partial charge >= 0.3 is 0 Å². The predicted octanol–water partition coefficient (Wildman–Crippen LogP) is 3.05. The summed E-state index contributed by atoms with van der Waals surface area (Å²) in [5.74, 6) is 2.76. The summed E-state index contributed by atoms with van der Waals surface area (Å²) >= 11 is 2.05. The molecule has 2 N–H and O–H groups in total. The topological polar surface area (TPSA) is 58.5 Å². The van der Waals surface area contributed by atoms with Crippen molar-refractivity contribution in [3.8, 4) is 5.88 Å². The molecule has 0 saturated carbocycles. The van der Waals surface area contributed by atoms with Gasteiger partial charge in [0, 0.05) is 30.1 Å². The SMILES string of the molecule is CCNC(=NCc1ccnc(OC)c1)NCC1(C)CCCS1.I. The van der Waals surface area contributed by atoms with Crippen LogP contribution >= 0.6 is 35.7 Å². The maximum atomic E-state index is 5.14. The summed E-state index contributed by atoms with van der Waals surface area (Å²) < 4.78 is 5.47. The summed E-state index contributed by atoms with van der Waals surface area (Å²) in [6, 6.07) is 3.88. The van der Waals surface area contributed by atoms with E-state index in [9.17, 15) is 0 Å². The van der Waals surface area contributed by atoms with Crippen LogP contribution in [0.2, 0.25) is 0 Å². The van der Waals surface area contributed by atoms with Gasteiger partial charge in [0.1, 0.15) is 0 Å². The van der Waals surface area contributed by atoms with E-state index >= 15 is 0 Å². The Morgan fingerprint density at radius 2 is 2.30 bits per heavy atom. The second-order valence-electron chi connectivity index (χ2n) is 5.66. The molecule has 5 nitrogen and oxygen atoms in total. The lowest BCUT2D eigenvalue weighted by Gasteiger charge is -2.24. The lowest BCUT2D eigenvalue weighted by molar-refractivity contribution is 0.397. The number of nitrogens with zero attached hydrogens (tertiary/aromatic N) is 2. The molecular formula is C16H27IN4OS. The van der Waals surface area contributed by atoms with Crippen LogP contribution in [0.25, 0.3) is 0 Å². The average molecular weight is 450 g/mol. The van der Waals surface area contributed by atoms with Gasteiger partial charge in [0.15, 0.2) is 5.96 Å². The average Bonchev–Trinajstić information content (AvgIpc) is 2.97. The van der Waals surface area contributed by atoms with E-state index in [0.29, 0.717) is 17.2 Å². The van der Waals surface area contributed by atoms with E-state index in [4.69, 9.17) is 4.74 Å².